The lowest BCUT2D eigenvalue weighted by Gasteiger charge is -2.20. The van der Waals surface area contributed by atoms with Crippen LogP contribution >= 0.6 is 0 Å². The monoisotopic (exact) mass is 518 g/mol. The van der Waals surface area contributed by atoms with Crippen LogP contribution in [0.3, 0.4) is 0 Å². The highest BCUT2D eigenvalue weighted by atomic mass is 16.5. The van der Waals surface area contributed by atoms with Crippen molar-refractivity contribution < 1.29 is 38.7 Å². The van der Waals surface area contributed by atoms with E-state index in [9.17, 15) is 19.8 Å². The van der Waals surface area contributed by atoms with Gasteiger partial charge in [-0.2, -0.15) is 0 Å². The summed E-state index contributed by atoms with van der Waals surface area (Å²) < 4.78 is 22.5. The number of carboxylic acid groups (broad SMARTS) is 2. The quantitative estimate of drug-likeness (QED) is 0.242. The summed E-state index contributed by atoms with van der Waals surface area (Å²) in [6, 6.07) is 23.5. The van der Waals surface area contributed by atoms with Gasteiger partial charge in [-0.25, -0.2) is 9.59 Å². The van der Waals surface area contributed by atoms with Crippen molar-refractivity contribution in [3.63, 3.8) is 0 Å². The maximum absolute atomic E-state index is 11.4. The fourth-order valence-corrected chi connectivity index (χ4v) is 4.50. The molecule has 2 atom stereocenters. The second-order valence-corrected chi connectivity index (χ2v) is 8.72. The molecule has 2 N–H and O–H groups in total. The Hall–Kier alpha value is -4.14. The molecule has 0 radical (unpaired) electrons. The molecule has 4 rings (SSSR count). The largest absolute Gasteiger partial charge is 0.493 e. The molecule has 0 bridgehead atoms. The third-order valence-corrected chi connectivity index (χ3v) is 6.43. The van der Waals surface area contributed by atoms with Crippen LogP contribution in [0.1, 0.15) is 12.8 Å². The molecule has 0 amide bonds. The lowest BCUT2D eigenvalue weighted by Crippen LogP contribution is -2.24. The molecule has 0 aliphatic heterocycles. The van der Waals surface area contributed by atoms with Crippen LogP contribution in [0.15, 0.2) is 72.8 Å². The van der Waals surface area contributed by atoms with E-state index in [4.69, 9.17) is 18.9 Å². The maximum Gasteiger partial charge on any atom is 0.332 e. The summed E-state index contributed by atoms with van der Waals surface area (Å²) in [6.45, 7) is 0.260. The predicted molar refractivity (Wildman–Crippen MR) is 144 cm³/mol. The molecule has 0 saturated carbocycles. The molecule has 4 aromatic rings. The Labute approximate surface area is 220 Å². The third kappa shape index (κ3) is 5.88. The molecule has 0 aliphatic carbocycles. The van der Waals surface area contributed by atoms with Crippen molar-refractivity contribution in [1.29, 1.82) is 0 Å². The van der Waals surface area contributed by atoms with E-state index in [1.54, 1.807) is 0 Å². The van der Waals surface area contributed by atoms with Gasteiger partial charge in [0.2, 0.25) is 0 Å². The van der Waals surface area contributed by atoms with Crippen LogP contribution in [0.4, 0.5) is 0 Å². The number of carbonyl (C=O) groups is 2. The Morgan fingerprint density at radius 2 is 1.03 bits per heavy atom. The Morgan fingerprint density at radius 3 is 1.39 bits per heavy atom. The second kappa shape index (κ2) is 12.4. The van der Waals surface area contributed by atoms with Crippen molar-refractivity contribution in [2.45, 2.75) is 25.0 Å². The van der Waals surface area contributed by atoms with Gasteiger partial charge in [-0.3, -0.25) is 0 Å². The smallest absolute Gasteiger partial charge is 0.332 e. The highest BCUT2D eigenvalue weighted by Gasteiger charge is 2.22. The molecule has 0 heterocycles. The van der Waals surface area contributed by atoms with E-state index in [1.807, 2.05) is 72.8 Å². The Kier molecular flexibility index (Phi) is 8.78. The number of hydrogen-bond donors (Lipinski definition) is 2. The first-order valence-corrected chi connectivity index (χ1v) is 12.2. The van der Waals surface area contributed by atoms with Gasteiger partial charge in [0.1, 0.15) is 11.5 Å². The van der Waals surface area contributed by atoms with Crippen LogP contribution in [0.25, 0.3) is 32.7 Å². The van der Waals surface area contributed by atoms with E-state index in [-0.39, 0.29) is 26.1 Å². The van der Waals surface area contributed by atoms with Crippen molar-refractivity contribution in [3.8, 4) is 22.6 Å². The van der Waals surface area contributed by atoms with Gasteiger partial charge < -0.3 is 29.2 Å². The Bertz CT molecular complexity index is 1320. The van der Waals surface area contributed by atoms with Crippen LogP contribution < -0.4 is 9.47 Å². The first kappa shape index (κ1) is 26.9. The minimum absolute atomic E-state index is 0.130. The fraction of sp³-hybridized carbons (Fsp3) is 0.267. The molecule has 0 spiro atoms. The molecule has 0 aromatic heterocycles. The van der Waals surface area contributed by atoms with Crippen molar-refractivity contribution in [1.82, 2.24) is 0 Å². The van der Waals surface area contributed by atoms with Crippen LogP contribution in [0.5, 0.6) is 11.5 Å². The minimum atomic E-state index is -1.05. The number of fused-ring (bicyclic) bond motifs is 2. The summed E-state index contributed by atoms with van der Waals surface area (Å²) in [5.41, 5.74) is 1.61. The zero-order valence-corrected chi connectivity index (χ0v) is 21.3. The molecular formula is C30H30O8. The summed E-state index contributed by atoms with van der Waals surface area (Å²) in [5, 5.41) is 22.5. The lowest BCUT2D eigenvalue weighted by molar-refractivity contribution is -0.150. The summed E-state index contributed by atoms with van der Waals surface area (Å²) in [6.07, 6.45) is -1.61. The van der Waals surface area contributed by atoms with Crippen molar-refractivity contribution in [3.05, 3.63) is 72.8 Å². The van der Waals surface area contributed by atoms with Crippen LogP contribution in [0, 0.1) is 0 Å². The topological polar surface area (TPSA) is 112 Å². The van der Waals surface area contributed by atoms with Crippen LogP contribution in [-0.4, -0.2) is 61.8 Å². The summed E-state index contributed by atoms with van der Waals surface area (Å²) in [4.78, 5) is 22.8. The molecule has 0 aliphatic rings. The molecule has 38 heavy (non-hydrogen) atoms. The molecule has 0 fully saturated rings. The number of methoxy groups -OCH3 is 2. The van der Waals surface area contributed by atoms with E-state index < -0.39 is 24.1 Å². The average molecular weight is 519 g/mol. The van der Waals surface area contributed by atoms with E-state index in [2.05, 4.69) is 0 Å². The van der Waals surface area contributed by atoms with Crippen molar-refractivity contribution in [2.24, 2.45) is 0 Å². The van der Waals surface area contributed by atoms with Gasteiger partial charge in [-0.15, -0.1) is 0 Å². The van der Waals surface area contributed by atoms with E-state index in [1.165, 1.54) is 14.2 Å². The average Bonchev–Trinajstić information content (AvgIpc) is 2.92. The Morgan fingerprint density at radius 1 is 0.632 bits per heavy atom. The van der Waals surface area contributed by atoms with Gasteiger partial charge in [0.15, 0.2) is 12.2 Å². The highest BCUT2D eigenvalue weighted by Crippen LogP contribution is 2.45. The predicted octanol–water partition coefficient (Wildman–Crippen LogP) is 5.40. The van der Waals surface area contributed by atoms with Gasteiger partial charge in [-0.05, 0) is 33.7 Å². The normalized spacial score (nSPS) is 12.8. The molecular weight excluding hydrogens is 488 g/mol. The molecule has 8 nitrogen and oxygen atoms in total. The number of hydrogen-bond acceptors (Lipinski definition) is 6. The standard InChI is InChI=1S/C30H30O8/c1-35-25(29(31)32)15-17-37-23-13-11-19-7-3-5-9-21(19)27(23)28-22-10-6-4-8-20(22)12-14-24(28)38-18-16-26(36-2)30(33)34/h3-14,25-26H,15-18H2,1-2H3,(H,31,32)(H,33,34). The molecule has 8 heteroatoms. The molecule has 2 unspecified atom stereocenters. The van der Waals surface area contributed by atoms with Gasteiger partial charge >= 0.3 is 11.9 Å². The zero-order valence-electron chi connectivity index (χ0n) is 21.3. The van der Waals surface area contributed by atoms with Crippen molar-refractivity contribution >= 4 is 33.5 Å². The molecule has 4 aromatic carbocycles. The van der Waals surface area contributed by atoms with E-state index >= 15 is 0 Å². The highest BCUT2D eigenvalue weighted by molar-refractivity contribution is 6.09. The fourth-order valence-electron chi connectivity index (χ4n) is 4.50. The zero-order chi connectivity index (χ0) is 27.1. The number of carboxylic acids is 2. The van der Waals surface area contributed by atoms with E-state index in [0.717, 1.165) is 32.7 Å². The molecule has 0 saturated heterocycles. The first-order valence-electron chi connectivity index (χ1n) is 12.2. The van der Waals surface area contributed by atoms with Crippen LogP contribution in [-0.2, 0) is 19.1 Å². The summed E-state index contributed by atoms with van der Waals surface area (Å²) in [7, 11) is 2.72. The van der Waals surface area contributed by atoms with E-state index in [0.29, 0.717) is 11.5 Å². The maximum atomic E-state index is 11.4. The summed E-state index contributed by atoms with van der Waals surface area (Å²) in [5.74, 6) is -0.943. The SMILES string of the molecule is COC(CCOc1ccc2ccccc2c1-c1c(OCCC(OC)C(=O)O)ccc2ccccc12)C(=O)O. The summed E-state index contributed by atoms with van der Waals surface area (Å²) >= 11 is 0. The minimum Gasteiger partial charge on any atom is -0.493 e. The lowest BCUT2D eigenvalue weighted by atomic mass is 9.92. The van der Waals surface area contributed by atoms with Gasteiger partial charge in [0.25, 0.3) is 0 Å². The number of ether oxygens (including phenoxy) is 4. The number of benzene rings is 4. The molecule has 198 valence electrons. The second-order valence-electron chi connectivity index (χ2n) is 8.72. The number of aliphatic carboxylic acids is 2. The van der Waals surface area contributed by atoms with Gasteiger partial charge in [0, 0.05) is 38.2 Å². The van der Waals surface area contributed by atoms with Gasteiger partial charge in [-0.1, -0.05) is 60.7 Å². The van der Waals surface area contributed by atoms with Crippen LogP contribution in [0.2, 0.25) is 0 Å². The van der Waals surface area contributed by atoms with Gasteiger partial charge in [0.05, 0.1) is 13.2 Å². The van der Waals surface area contributed by atoms with Crippen molar-refractivity contribution in [2.75, 3.05) is 27.4 Å². The first-order chi connectivity index (χ1) is 18.4. The Balaban J connectivity index is 1.81. The number of rotatable bonds is 13. The third-order valence-electron chi connectivity index (χ3n) is 6.43.